The van der Waals surface area contributed by atoms with Crippen molar-refractivity contribution in [2.75, 3.05) is 18.1 Å². The summed E-state index contributed by atoms with van der Waals surface area (Å²) >= 11 is 3.49. The quantitative estimate of drug-likeness (QED) is 0.220. The van der Waals surface area contributed by atoms with Gasteiger partial charge < -0.3 is 26.2 Å². The lowest BCUT2D eigenvalue weighted by molar-refractivity contribution is -0.145. The van der Waals surface area contributed by atoms with Crippen molar-refractivity contribution in [2.24, 2.45) is 11.3 Å². The van der Waals surface area contributed by atoms with Crippen LogP contribution in [0.3, 0.4) is 0 Å². The predicted molar refractivity (Wildman–Crippen MR) is 197 cm³/mol. The standard InChI is InChI=1S/C36H53N7O6S2/c1-5-10-24(28(44)33(48)39-23-13-14-23)40-31(46)26-19-36(50-17-9-18-51-36)21-43(26)34(49)29(35(2,3)4)42-32(47)27(22-11-7-6-8-12-22)41-30(45)25-20-37-15-16-38-25/h15-16,20,22-24,26-27,29H,5-14,17-19,21H2,1-4H3,(H,39,48)(H,40,46)(H,41,45)(H,42,47)/t24?,26-,27-,29+/m0/s1. The molecule has 4 N–H and O–H groups in total. The van der Waals surface area contributed by atoms with E-state index < -0.39 is 69.0 Å². The fourth-order valence-corrected chi connectivity index (χ4v) is 10.5. The average Bonchev–Trinajstić information content (AvgIpc) is 3.87. The van der Waals surface area contributed by atoms with Crippen LogP contribution in [0.25, 0.3) is 0 Å². The van der Waals surface area contributed by atoms with Gasteiger partial charge in [0, 0.05) is 31.4 Å². The first-order valence-electron chi connectivity index (χ1n) is 18.4. The molecule has 3 heterocycles. The molecule has 1 aromatic rings. The first kappa shape index (κ1) is 39.0. The number of ketones is 1. The van der Waals surface area contributed by atoms with Gasteiger partial charge in [0.15, 0.2) is 0 Å². The molecule has 13 nitrogen and oxygen atoms in total. The molecular weight excluding hydrogens is 691 g/mol. The number of aromatic nitrogens is 2. The van der Waals surface area contributed by atoms with Crippen molar-refractivity contribution in [1.29, 1.82) is 0 Å². The van der Waals surface area contributed by atoms with Crippen LogP contribution in [-0.2, 0) is 24.0 Å². The van der Waals surface area contributed by atoms with Crippen molar-refractivity contribution in [1.82, 2.24) is 36.1 Å². The van der Waals surface area contributed by atoms with Gasteiger partial charge in [-0.25, -0.2) is 4.98 Å². The summed E-state index contributed by atoms with van der Waals surface area (Å²) in [6.07, 6.45) is 12.6. The number of thioether (sulfide) groups is 2. The van der Waals surface area contributed by atoms with Gasteiger partial charge in [-0.2, -0.15) is 0 Å². The van der Waals surface area contributed by atoms with E-state index in [0.29, 0.717) is 25.8 Å². The Morgan fingerprint density at radius 1 is 0.941 bits per heavy atom. The molecule has 0 bridgehead atoms. The van der Waals surface area contributed by atoms with Crippen LogP contribution < -0.4 is 21.3 Å². The highest BCUT2D eigenvalue weighted by Crippen LogP contribution is 2.50. The molecule has 0 aromatic carbocycles. The van der Waals surface area contributed by atoms with Gasteiger partial charge in [-0.15, -0.1) is 23.5 Å². The highest BCUT2D eigenvalue weighted by molar-refractivity contribution is 8.18. The zero-order valence-corrected chi connectivity index (χ0v) is 31.8. The number of carbonyl (C=O) groups excluding carboxylic acids is 6. The summed E-state index contributed by atoms with van der Waals surface area (Å²) in [5.41, 5.74) is -0.664. The molecule has 2 aliphatic carbocycles. The Labute approximate surface area is 309 Å². The van der Waals surface area contributed by atoms with E-state index in [1.807, 2.05) is 27.7 Å². The number of amides is 5. The zero-order valence-electron chi connectivity index (χ0n) is 30.2. The van der Waals surface area contributed by atoms with Gasteiger partial charge in [-0.05, 0) is 61.4 Å². The van der Waals surface area contributed by atoms with Crippen LogP contribution in [0.15, 0.2) is 18.6 Å². The van der Waals surface area contributed by atoms with E-state index in [0.717, 1.165) is 62.9 Å². The fourth-order valence-electron chi connectivity index (χ4n) is 7.14. The van der Waals surface area contributed by atoms with E-state index in [1.165, 1.54) is 18.6 Å². The maximum Gasteiger partial charge on any atom is 0.289 e. The van der Waals surface area contributed by atoms with Crippen LogP contribution in [0.5, 0.6) is 0 Å². The molecular formula is C36H53N7O6S2. The number of Topliss-reactive ketones (excluding diaryl/α,β-unsaturated/α-hetero) is 1. The number of rotatable bonds is 13. The summed E-state index contributed by atoms with van der Waals surface area (Å²) in [7, 11) is 0. The fraction of sp³-hybridized carbons (Fsp3) is 0.722. The minimum Gasteiger partial charge on any atom is -0.347 e. The third kappa shape index (κ3) is 10.0. The lowest BCUT2D eigenvalue weighted by Crippen LogP contribution is -2.62. The van der Waals surface area contributed by atoms with E-state index in [2.05, 4.69) is 31.2 Å². The summed E-state index contributed by atoms with van der Waals surface area (Å²) < 4.78 is -0.411. The van der Waals surface area contributed by atoms with E-state index in [1.54, 1.807) is 28.4 Å². The van der Waals surface area contributed by atoms with Crippen molar-refractivity contribution in [3.8, 4) is 0 Å². The normalized spacial score (nSPS) is 22.4. The van der Waals surface area contributed by atoms with Crippen molar-refractivity contribution < 1.29 is 28.8 Å². The summed E-state index contributed by atoms with van der Waals surface area (Å²) in [5.74, 6) is -1.55. The van der Waals surface area contributed by atoms with Gasteiger partial charge in [0.1, 0.15) is 23.8 Å². The van der Waals surface area contributed by atoms with Gasteiger partial charge >= 0.3 is 0 Å². The van der Waals surface area contributed by atoms with Crippen LogP contribution in [0, 0.1) is 11.3 Å². The molecule has 1 spiro atoms. The number of nitrogens with one attached hydrogen (secondary N) is 4. The molecule has 0 radical (unpaired) electrons. The first-order valence-corrected chi connectivity index (χ1v) is 20.4. The minimum absolute atomic E-state index is 0.00479. The number of likely N-dealkylation sites (tertiary alicyclic amines) is 1. The average molecular weight is 744 g/mol. The molecule has 2 saturated heterocycles. The highest BCUT2D eigenvalue weighted by Gasteiger charge is 2.53. The number of hydrogen-bond acceptors (Lipinski definition) is 10. The molecule has 2 saturated carbocycles. The molecule has 1 aromatic heterocycles. The number of hydrogen-bond donors (Lipinski definition) is 4. The van der Waals surface area contributed by atoms with Crippen LogP contribution in [-0.4, -0.2) is 103 Å². The topological polar surface area (TPSA) is 180 Å². The number of carbonyl (C=O) groups is 6. The maximum absolute atomic E-state index is 14.8. The lowest BCUT2D eigenvalue weighted by atomic mass is 9.82. The minimum atomic E-state index is -1.02. The third-order valence-corrected chi connectivity index (χ3v) is 13.5. The van der Waals surface area contributed by atoms with Gasteiger partial charge in [0.2, 0.25) is 23.5 Å². The second-order valence-electron chi connectivity index (χ2n) is 15.4. The molecule has 15 heteroatoms. The van der Waals surface area contributed by atoms with E-state index in [9.17, 15) is 28.8 Å². The Morgan fingerprint density at radius 3 is 2.25 bits per heavy atom. The van der Waals surface area contributed by atoms with Crippen molar-refractivity contribution in [2.45, 2.75) is 133 Å². The van der Waals surface area contributed by atoms with E-state index >= 15 is 0 Å². The Balaban J connectivity index is 1.38. The maximum atomic E-state index is 14.8. The Bertz CT molecular complexity index is 1440. The summed E-state index contributed by atoms with van der Waals surface area (Å²) in [4.78, 5) is 91.9. The Hall–Kier alpha value is -3.20. The molecule has 4 aliphatic rings. The monoisotopic (exact) mass is 743 g/mol. The SMILES string of the molecule is CCCC(NC(=O)[C@@H]1CC2(CN1C(=O)[C@@H](NC(=O)[C@@H](NC(=O)c1cnccn1)C1CCCCC1)C(C)(C)C)SCCCS2)C(=O)C(=O)NC1CC1. The lowest BCUT2D eigenvalue weighted by Gasteiger charge is -2.38. The van der Waals surface area contributed by atoms with E-state index in [4.69, 9.17) is 0 Å². The predicted octanol–water partition coefficient (Wildman–Crippen LogP) is 2.99. The summed E-state index contributed by atoms with van der Waals surface area (Å²) in [6, 6.07) is -3.82. The van der Waals surface area contributed by atoms with Crippen LogP contribution in [0.2, 0.25) is 0 Å². The van der Waals surface area contributed by atoms with Gasteiger partial charge in [-0.1, -0.05) is 53.4 Å². The second-order valence-corrected chi connectivity index (χ2v) is 18.6. The first-order chi connectivity index (χ1) is 24.3. The van der Waals surface area contributed by atoms with Gasteiger partial charge in [0.25, 0.3) is 11.8 Å². The van der Waals surface area contributed by atoms with Crippen LogP contribution in [0.4, 0.5) is 0 Å². The summed E-state index contributed by atoms with van der Waals surface area (Å²) in [5, 5.41) is 11.5. The molecule has 4 fully saturated rings. The Morgan fingerprint density at radius 2 is 1.65 bits per heavy atom. The molecule has 2 aliphatic heterocycles. The van der Waals surface area contributed by atoms with E-state index in [-0.39, 0.29) is 17.7 Å². The Kier molecular flexibility index (Phi) is 13.1. The highest BCUT2D eigenvalue weighted by atomic mass is 32.2. The van der Waals surface area contributed by atoms with Gasteiger partial charge in [0.05, 0.1) is 16.3 Å². The number of nitrogens with zero attached hydrogens (tertiary/aromatic N) is 3. The second kappa shape index (κ2) is 17.1. The molecule has 51 heavy (non-hydrogen) atoms. The molecule has 280 valence electrons. The molecule has 5 rings (SSSR count). The van der Waals surface area contributed by atoms with Crippen molar-refractivity contribution in [3.63, 3.8) is 0 Å². The van der Waals surface area contributed by atoms with Crippen molar-refractivity contribution >= 4 is 58.8 Å². The summed E-state index contributed by atoms with van der Waals surface area (Å²) in [6.45, 7) is 7.77. The molecule has 1 unspecified atom stereocenters. The largest absolute Gasteiger partial charge is 0.347 e. The third-order valence-electron chi connectivity index (χ3n) is 10.1. The smallest absolute Gasteiger partial charge is 0.289 e. The molecule has 4 atom stereocenters. The van der Waals surface area contributed by atoms with Crippen molar-refractivity contribution in [3.05, 3.63) is 24.3 Å². The molecule has 5 amide bonds. The van der Waals surface area contributed by atoms with Gasteiger partial charge in [-0.3, -0.25) is 33.8 Å². The van der Waals surface area contributed by atoms with Crippen LogP contribution in [0.1, 0.15) is 109 Å². The zero-order chi connectivity index (χ0) is 36.8. The van der Waals surface area contributed by atoms with Crippen LogP contribution >= 0.6 is 23.5 Å².